The third kappa shape index (κ3) is 2.94. The highest BCUT2D eigenvalue weighted by Gasteiger charge is 2.05. The van der Waals surface area contributed by atoms with Crippen molar-refractivity contribution in [3.8, 4) is 0 Å². The fourth-order valence-corrected chi connectivity index (χ4v) is 2.63. The van der Waals surface area contributed by atoms with Crippen molar-refractivity contribution in [2.45, 2.75) is 13.1 Å². The van der Waals surface area contributed by atoms with Crippen molar-refractivity contribution in [2.24, 2.45) is 0 Å². The van der Waals surface area contributed by atoms with Crippen LogP contribution in [0.2, 0.25) is 5.02 Å². The normalized spacial score (nSPS) is 11.2. The summed E-state index contributed by atoms with van der Waals surface area (Å²) in [6.45, 7) is 1.46. The van der Waals surface area contributed by atoms with E-state index in [1.807, 2.05) is 19.3 Å². The topological polar surface area (TPSA) is 17.0 Å². The fourth-order valence-electron chi connectivity index (χ4n) is 2.52. The molecule has 2 aromatic carbocycles. The van der Waals surface area contributed by atoms with E-state index in [0.29, 0.717) is 6.54 Å². The summed E-state index contributed by atoms with van der Waals surface area (Å²) in [6.07, 6.45) is 2.03. The first kappa shape index (κ1) is 14.1. The lowest BCUT2D eigenvalue weighted by molar-refractivity contribution is 0.624. The summed E-state index contributed by atoms with van der Waals surface area (Å²) < 4.78 is 15.7. The van der Waals surface area contributed by atoms with Gasteiger partial charge in [-0.2, -0.15) is 0 Å². The molecule has 0 aliphatic rings. The molecule has 2 nitrogen and oxygen atoms in total. The van der Waals surface area contributed by atoms with Crippen molar-refractivity contribution in [3.63, 3.8) is 0 Å². The minimum absolute atomic E-state index is 0.160. The van der Waals surface area contributed by atoms with Crippen LogP contribution in [-0.4, -0.2) is 11.6 Å². The Balaban J connectivity index is 1.95. The predicted molar refractivity (Wildman–Crippen MR) is 85.2 cm³/mol. The summed E-state index contributed by atoms with van der Waals surface area (Å²) in [7, 11) is 1.93. The number of rotatable bonds is 4. The van der Waals surface area contributed by atoms with Crippen molar-refractivity contribution < 1.29 is 4.39 Å². The number of halogens is 2. The maximum Gasteiger partial charge on any atom is 0.142 e. The van der Waals surface area contributed by atoms with Crippen LogP contribution in [0.15, 0.2) is 48.7 Å². The van der Waals surface area contributed by atoms with E-state index in [0.717, 1.165) is 17.6 Å². The molecule has 0 aliphatic heterocycles. The van der Waals surface area contributed by atoms with Gasteiger partial charge in [-0.05, 0) is 47.8 Å². The number of aromatic nitrogens is 1. The van der Waals surface area contributed by atoms with Gasteiger partial charge in [-0.25, -0.2) is 4.39 Å². The highest BCUT2D eigenvalue weighted by Crippen LogP contribution is 2.21. The van der Waals surface area contributed by atoms with Gasteiger partial charge < -0.3 is 9.88 Å². The lowest BCUT2D eigenvalue weighted by Crippen LogP contribution is -2.05. The molecule has 0 radical (unpaired) electrons. The van der Waals surface area contributed by atoms with Crippen LogP contribution in [0.1, 0.15) is 11.1 Å². The molecular weight excluding hydrogens is 287 g/mol. The van der Waals surface area contributed by atoms with E-state index in [4.69, 9.17) is 11.6 Å². The number of hydrogen-bond acceptors (Lipinski definition) is 1. The summed E-state index contributed by atoms with van der Waals surface area (Å²) in [6, 6.07) is 13.4. The first-order chi connectivity index (χ1) is 10.2. The smallest absolute Gasteiger partial charge is 0.142 e. The van der Waals surface area contributed by atoms with Crippen LogP contribution >= 0.6 is 11.6 Å². The van der Waals surface area contributed by atoms with Crippen molar-refractivity contribution in [2.75, 3.05) is 7.05 Å². The van der Waals surface area contributed by atoms with Gasteiger partial charge in [0.2, 0.25) is 0 Å². The van der Waals surface area contributed by atoms with Gasteiger partial charge in [-0.15, -0.1) is 0 Å². The molecule has 0 unspecified atom stereocenters. The molecule has 0 saturated heterocycles. The highest BCUT2D eigenvalue weighted by atomic mass is 35.5. The molecule has 3 aromatic rings. The Kier molecular flexibility index (Phi) is 3.95. The van der Waals surface area contributed by atoms with Crippen molar-refractivity contribution in [1.29, 1.82) is 0 Å². The van der Waals surface area contributed by atoms with Gasteiger partial charge >= 0.3 is 0 Å². The minimum atomic E-state index is -0.374. The first-order valence-electron chi connectivity index (χ1n) is 6.83. The number of nitrogens with zero attached hydrogens (tertiary/aromatic N) is 1. The van der Waals surface area contributed by atoms with Crippen LogP contribution in [0.5, 0.6) is 0 Å². The van der Waals surface area contributed by atoms with E-state index in [1.165, 1.54) is 17.0 Å². The van der Waals surface area contributed by atoms with Gasteiger partial charge in [0.1, 0.15) is 5.82 Å². The maximum atomic E-state index is 13.5. The average Bonchev–Trinajstić information content (AvgIpc) is 2.86. The molecule has 108 valence electrons. The zero-order chi connectivity index (χ0) is 14.8. The summed E-state index contributed by atoms with van der Waals surface area (Å²) in [5, 5.41) is 4.49. The number of hydrogen-bond donors (Lipinski definition) is 1. The van der Waals surface area contributed by atoms with Crippen LogP contribution < -0.4 is 5.32 Å². The molecular formula is C17H16ClFN2. The second-order valence-electron chi connectivity index (χ2n) is 5.12. The van der Waals surface area contributed by atoms with Crippen LogP contribution in [0.25, 0.3) is 10.9 Å². The summed E-state index contributed by atoms with van der Waals surface area (Å²) >= 11 is 5.72. The highest BCUT2D eigenvalue weighted by molar-refractivity contribution is 6.30. The standard InChI is InChI=1S/C17H16ClFN2/c1-20-10-12-2-4-14-6-7-21(17(14)9-12)11-13-3-5-15(18)16(19)8-13/h2-9,20H,10-11H2,1H3. The summed E-state index contributed by atoms with van der Waals surface area (Å²) in [5.41, 5.74) is 3.28. The van der Waals surface area contributed by atoms with E-state index in [9.17, 15) is 4.39 Å². The van der Waals surface area contributed by atoms with Gasteiger partial charge in [-0.1, -0.05) is 29.8 Å². The van der Waals surface area contributed by atoms with Crippen molar-refractivity contribution in [3.05, 3.63) is 70.6 Å². The van der Waals surface area contributed by atoms with E-state index in [-0.39, 0.29) is 10.8 Å². The summed E-state index contributed by atoms with van der Waals surface area (Å²) in [5.74, 6) is -0.374. The van der Waals surface area contributed by atoms with Crippen molar-refractivity contribution in [1.82, 2.24) is 9.88 Å². The van der Waals surface area contributed by atoms with Crippen LogP contribution in [0.3, 0.4) is 0 Å². The first-order valence-corrected chi connectivity index (χ1v) is 7.21. The van der Waals surface area contributed by atoms with E-state index in [1.54, 1.807) is 6.07 Å². The molecule has 0 fully saturated rings. The Labute approximate surface area is 128 Å². The fraction of sp³-hybridized carbons (Fsp3) is 0.176. The molecule has 1 heterocycles. The number of benzene rings is 2. The Morgan fingerprint density at radius 3 is 2.67 bits per heavy atom. The van der Waals surface area contributed by atoms with Gasteiger partial charge in [0.05, 0.1) is 5.02 Å². The largest absolute Gasteiger partial charge is 0.343 e. The lowest BCUT2D eigenvalue weighted by atomic mass is 10.1. The van der Waals surface area contributed by atoms with Crippen LogP contribution in [0.4, 0.5) is 4.39 Å². The van der Waals surface area contributed by atoms with E-state index >= 15 is 0 Å². The lowest BCUT2D eigenvalue weighted by Gasteiger charge is -2.08. The van der Waals surface area contributed by atoms with Gasteiger partial charge in [-0.3, -0.25) is 0 Å². The minimum Gasteiger partial charge on any atom is -0.343 e. The number of nitrogens with one attached hydrogen (secondary N) is 1. The Hall–Kier alpha value is -1.84. The SMILES string of the molecule is CNCc1ccc2ccn(Cc3ccc(Cl)c(F)c3)c2c1. The van der Waals surface area contributed by atoms with Gasteiger partial charge in [0, 0.05) is 24.8 Å². The van der Waals surface area contributed by atoms with E-state index < -0.39 is 0 Å². The molecule has 0 atom stereocenters. The molecule has 0 saturated carbocycles. The van der Waals surface area contributed by atoms with E-state index in [2.05, 4.69) is 34.1 Å². The zero-order valence-corrected chi connectivity index (χ0v) is 12.5. The van der Waals surface area contributed by atoms with Gasteiger partial charge in [0.15, 0.2) is 0 Å². The quantitative estimate of drug-likeness (QED) is 0.764. The molecule has 0 amide bonds. The number of fused-ring (bicyclic) bond motifs is 1. The Bertz CT molecular complexity index is 780. The summed E-state index contributed by atoms with van der Waals surface area (Å²) in [4.78, 5) is 0. The molecule has 0 aliphatic carbocycles. The zero-order valence-electron chi connectivity index (χ0n) is 11.7. The Morgan fingerprint density at radius 1 is 1.10 bits per heavy atom. The maximum absolute atomic E-state index is 13.5. The third-order valence-electron chi connectivity index (χ3n) is 3.56. The van der Waals surface area contributed by atoms with Crippen LogP contribution in [0, 0.1) is 5.82 Å². The van der Waals surface area contributed by atoms with Crippen LogP contribution in [-0.2, 0) is 13.1 Å². The molecule has 3 rings (SSSR count). The third-order valence-corrected chi connectivity index (χ3v) is 3.86. The molecule has 21 heavy (non-hydrogen) atoms. The predicted octanol–water partition coefficient (Wildman–Crippen LogP) is 4.20. The second-order valence-corrected chi connectivity index (χ2v) is 5.52. The molecule has 0 spiro atoms. The monoisotopic (exact) mass is 302 g/mol. The van der Waals surface area contributed by atoms with Gasteiger partial charge in [0.25, 0.3) is 0 Å². The molecule has 4 heteroatoms. The molecule has 0 bridgehead atoms. The van der Waals surface area contributed by atoms with Crippen molar-refractivity contribution >= 4 is 22.5 Å². The molecule has 1 aromatic heterocycles. The molecule has 1 N–H and O–H groups in total. The average molecular weight is 303 g/mol. The Morgan fingerprint density at radius 2 is 1.90 bits per heavy atom. The second kappa shape index (κ2) is 5.88.